The van der Waals surface area contributed by atoms with Gasteiger partial charge in [0.15, 0.2) is 5.43 Å². The van der Waals surface area contributed by atoms with Gasteiger partial charge in [-0.05, 0) is 51.2 Å². The number of benzene rings is 1. The highest BCUT2D eigenvalue weighted by Crippen LogP contribution is 2.48. The summed E-state index contributed by atoms with van der Waals surface area (Å²) in [6.45, 7) is 2.13. The Balaban J connectivity index is 1.55. The summed E-state index contributed by atoms with van der Waals surface area (Å²) < 4.78 is 22.5. The van der Waals surface area contributed by atoms with E-state index in [-0.39, 0.29) is 29.1 Å². The standard InChI is InChI=1S/C26H33FN2O3/c1-2-32-26(31)19-12-18(19)21-15-29(17-10-6-7-11-17)24-14-23(22(27)13-20(24)25(21)30)28-16-8-4-3-5-9-16/h13-19,28H,2-12H2,1H3. The molecule has 32 heavy (non-hydrogen) atoms. The zero-order chi connectivity index (χ0) is 22.2. The van der Waals surface area contributed by atoms with E-state index in [2.05, 4.69) is 9.88 Å². The zero-order valence-electron chi connectivity index (χ0n) is 18.9. The van der Waals surface area contributed by atoms with Gasteiger partial charge in [-0.2, -0.15) is 0 Å². The average Bonchev–Trinajstić information content (AvgIpc) is 3.40. The van der Waals surface area contributed by atoms with Crippen molar-refractivity contribution in [3.63, 3.8) is 0 Å². The summed E-state index contributed by atoms with van der Waals surface area (Å²) >= 11 is 0. The zero-order valence-corrected chi connectivity index (χ0v) is 18.9. The quantitative estimate of drug-likeness (QED) is 0.588. The lowest BCUT2D eigenvalue weighted by Crippen LogP contribution is -2.23. The molecule has 0 aliphatic heterocycles. The molecule has 3 aliphatic rings. The van der Waals surface area contributed by atoms with E-state index < -0.39 is 0 Å². The summed E-state index contributed by atoms with van der Waals surface area (Å²) in [7, 11) is 0. The Morgan fingerprint density at radius 1 is 1.12 bits per heavy atom. The van der Waals surface area contributed by atoms with E-state index in [0.29, 0.717) is 41.7 Å². The summed E-state index contributed by atoms with van der Waals surface area (Å²) in [4.78, 5) is 25.6. The number of halogens is 1. The first-order chi connectivity index (χ1) is 15.6. The Hall–Kier alpha value is -2.37. The molecule has 0 amide bonds. The van der Waals surface area contributed by atoms with E-state index in [9.17, 15) is 9.59 Å². The van der Waals surface area contributed by atoms with Gasteiger partial charge in [0.25, 0.3) is 0 Å². The number of nitrogens with one attached hydrogen (secondary N) is 1. The van der Waals surface area contributed by atoms with Crippen LogP contribution in [0.4, 0.5) is 10.1 Å². The Morgan fingerprint density at radius 3 is 2.56 bits per heavy atom. The number of nitrogens with zero attached hydrogens (tertiary/aromatic N) is 1. The van der Waals surface area contributed by atoms with E-state index in [1.54, 1.807) is 6.92 Å². The predicted octanol–water partition coefficient (Wildman–Crippen LogP) is 5.67. The van der Waals surface area contributed by atoms with Crippen molar-refractivity contribution >= 4 is 22.6 Å². The molecule has 172 valence electrons. The Kier molecular flexibility index (Phi) is 5.95. The van der Waals surface area contributed by atoms with Gasteiger partial charge in [-0.25, -0.2) is 4.39 Å². The van der Waals surface area contributed by atoms with Crippen molar-refractivity contribution in [3.05, 3.63) is 39.9 Å². The maximum absolute atomic E-state index is 15.1. The van der Waals surface area contributed by atoms with Crippen molar-refractivity contribution in [2.75, 3.05) is 11.9 Å². The van der Waals surface area contributed by atoms with Crippen LogP contribution in [0.1, 0.15) is 88.7 Å². The molecule has 3 aliphatic carbocycles. The number of hydrogen-bond donors (Lipinski definition) is 1. The van der Waals surface area contributed by atoms with Crippen LogP contribution in [0, 0.1) is 11.7 Å². The summed E-state index contributed by atoms with van der Waals surface area (Å²) in [6, 6.07) is 3.86. The minimum atomic E-state index is -0.368. The summed E-state index contributed by atoms with van der Waals surface area (Å²) in [5.41, 5.74) is 1.79. The smallest absolute Gasteiger partial charge is 0.309 e. The van der Waals surface area contributed by atoms with Crippen molar-refractivity contribution in [3.8, 4) is 0 Å². The van der Waals surface area contributed by atoms with Crippen molar-refractivity contribution < 1.29 is 13.9 Å². The first-order valence-corrected chi connectivity index (χ1v) is 12.4. The molecule has 2 aromatic rings. The van der Waals surface area contributed by atoms with Crippen LogP contribution in [0.5, 0.6) is 0 Å². The van der Waals surface area contributed by atoms with Gasteiger partial charge in [-0.3, -0.25) is 9.59 Å². The number of anilines is 1. The van der Waals surface area contributed by atoms with Gasteiger partial charge in [-0.15, -0.1) is 0 Å². The number of hydrogen-bond acceptors (Lipinski definition) is 4. The minimum absolute atomic E-state index is 0.123. The average molecular weight is 441 g/mol. The number of aromatic nitrogens is 1. The van der Waals surface area contributed by atoms with Gasteiger partial charge in [0.1, 0.15) is 5.82 Å². The molecule has 1 aromatic carbocycles. The van der Waals surface area contributed by atoms with Crippen LogP contribution in [0.25, 0.3) is 10.9 Å². The van der Waals surface area contributed by atoms with E-state index in [0.717, 1.165) is 44.0 Å². The fraction of sp³-hybridized carbons (Fsp3) is 0.615. The number of ether oxygens (including phenoxy) is 1. The third-order valence-electron chi connectivity index (χ3n) is 7.61. The van der Waals surface area contributed by atoms with Gasteiger partial charge in [-0.1, -0.05) is 32.1 Å². The molecule has 3 saturated carbocycles. The second-order valence-corrected chi connectivity index (χ2v) is 9.79. The van der Waals surface area contributed by atoms with Crippen molar-refractivity contribution in [1.82, 2.24) is 4.57 Å². The van der Waals surface area contributed by atoms with Crippen LogP contribution < -0.4 is 10.7 Å². The fourth-order valence-corrected chi connectivity index (χ4v) is 5.77. The molecule has 0 spiro atoms. The second kappa shape index (κ2) is 8.87. The molecule has 1 N–H and O–H groups in total. The summed E-state index contributed by atoms with van der Waals surface area (Å²) in [5, 5.41) is 3.84. The molecule has 2 unspecified atom stereocenters. The predicted molar refractivity (Wildman–Crippen MR) is 124 cm³/mol. The number of pyridine rings is 1. The molecule has 1 heterocycles. The number of esters is 1. The molecule has 0 radical (unpaired) electrons. The van der Waals surface area contributed by atoms with E-state index in [1.165, 1.54) is 25.3 Å². The molecular weight excluding hydrogens is 407 g/mol. The largest absolute Gasteiger partial charge is 0.466 e. The Bertz CT molecular complexity index is 1070. The first-order valence-electron chi connectivity index (χ1n) is 12.4. The summed E-state index contributed by atoms with van der Waals surface area (Å²) in [5.74, 6) is -0.980. The van der Waals surface area contributed by atoms with Crippen molar-refractivity contribution in [2.24, 2.45) is 5.92 Å². The Labute approximate surface area is 188 Å². The van der Waals surface area contributed by atoms with E-state index >= 15 is 4.39 Å². The highest BCUT2D eigenvalue weighted by molar-refractivity contribution is 5.85. The number of fused-ring (bicyclic) bond motifs is 1. The number of rotatable bonds is 6. The minimum Gasteiger partial charge on any atom is -0.466 e. The van der Waals surface area contributed by atoms with Crippen LogP contribution in [0.2, 0.25) is 0 Å². The number of carbonyl (C=O) groups is 1. The van der Waals surface area contributed by atoms with Crippen molar-refractivity contribution in [2.45, 2.75) is 89.1 Å². The lowest BCUT2D eigenvalue weighted by atomic mass is 9.95. The van der Waals surface area contributed by atoms with Crippen LogP contribution in [0.3, 0.4) is 0 Å². The fourth-order valence-electron chi connectivity index (χ4n) is 5.77. The molecule has 1 aromatic heterocycles. The molecule has 6 heteroatoms. The van der Waals surface area contributed by atoms with Gasteiger partial charge in [0.05, 0.1) is 23.7 Å². The third-order valence-corrected chi connectivity index (χ3v) is 7.61. The van der Waals surface area contributed by atoms with Crippen LogP contribution in [-0.2, 0) is 9.53 Å². The van der Waals surface area contributed by atoms with E-state index in [4.69, 9.17) is 4.74 Å². The monoisotopic (exact) mass is 440 g/mol. The maximum Gasteiger partial charge on any atom is 0.309 e. The molecule has 2 atom stereocenters. The Morgan fingerprint density at radius 2 is 1.84 bits per heavy atom. The second-order valence-electron chi connectivity index (χ2n) is 9.79. The highest BCUT2D eigenvalue weighted by Gasteiger charge is 2.47. The van der Waals surface area contributed by atoms with Crippen LogP contribution >= 0.6 is 0 Å². The van der Waals surface area contributed by atoms with Gasteiger partial charge in [0.2, 0.25) is 0 Å². The normalized spacial score (nSPS) is 24.1. The maximum atomic E-state index is 15.1. The lowest BCUT2D eigenvalue weighted by Gasteiger charge is -2.25. The molecular formula is C26H33FN2O3. The van der Waals surface area contributed by atoms with Gasteiger partial charge in [0, 0.05) is 35.1 Å². The lowest BCUT2D eigenvalue weighted by molar-refractivity contribution is -0.144. The van der Waals surface area contributed by atoms with Crippen molar-refractivity contribution in [1.29, 1.82) is 0 Å². The van der Waals surface area contributed by atoms with Crippen LogP contribution in [0.15, 0.2) is 23.1 Å². The molecule has 5 rings (SSSR count). The molecule has 3 fully saturated rings. The number of carbonyl (C=O) groups excluding carboxylic acids is 1. The molecule has 0 bridgehead atoms. The van der Waals surface area contributed by atoms with E-state index in [1.807, 2.05) is 12.3 Å². The SMILES string of the molecule is CCOC(=O)C1CC1c1cn(C2CCCC2)c2cc(NC3CCCCC3)c(F)cc2c1=O. The van der Waals surface area contributed by atoms with Gasteiger partial charge < -0.3 is 14.6 Å². The molecule has 0 saturated heterocycles. The topological polar surface area (TPSA) is 60.3 Å². The molecule has 5 nitrogen and oxygen atoms in total. The van der Waals surface area contributed by atoms with Crippen LogP contribution in [-0.4, -0.2) is 23.2 Å². The highest BCUT2D eigenvalue weighted by atomic mass is 19.1. The summed E-state index contributed by atoms with van der Waals surface area (Å²) in [6.07, 6.45) is 12.8. The first kappa shape index (κ1) is 21.5. The third kappa shape index (κ3) is 4.04. The van der Waals surface area contributed by atoms with Gasteiger partial charge >= 0.3 is 5.97 Å².